The monoisotopic (exact) mass is 328 g/mol. The van der Waals surface area contributed by atoms with Gasteiger partial charge in [-0.15, -0.1) is 0 Å². The highest BCUT2D eigenvalue weighted by Crippen LogP contribution is 2.31. The molecule has 24 heavy (non-hydrogen) atoms. The summed E-state index contributed by atoms with van der Waals surface area (Å²) in [6.45, 7) is 3.22. The molecule has 2 saturated heterocycles. The van der Waals surface area contributed by atoms with E-state index in [2.05, 4.69) is 10.1 Å². The highest BCUT2D eigenvalue weighted by atomic mass is 16.7. The number of benzene rings is 1. The van der Waals surface area contributed by atoms with Gasteiger partial charge < -0.3 is 14.4 Å². The van der Waals surface area contributed by atoms with E-state index in [1.165, 1.54) is 6.33 Å². The first-order valence-corrected chi connectivity index (χ1v) is 8.23. The van der Waals surface area contributed by atoms with Crippen molar-refractivity contribution in [1.29, 1.82) is 0 Å². The summed E-state index contributed by atoms with van der Waals surface area (Å²) in [5.41, 5.74) is 1.74. The number of likely N-dealkylation sites (tertiary alicyclic amines) is 1. The lowest BCUT2D eigenvalue weighted by Gasteiger charge is -2.37. The molecule has 1 spiro atoms. The number of ether oxygens (including phenoxy) is 2. The second-order valence-corrected chi connectivity index (χ2v) is 6.19. The van der Waals surface area contributed by atoms with Crippen molar-refractivity contribution in [2.45, 2.75) is 25.2 Å². The average molecular weight is 328 g/mol. The van der Waals surface area contributed by atoms with Crippen molar-refractivity contribution in [3.05, 3.63) is 48.0 Å². The average Bonchev–Trinajstić information content (AvgIpc) is 3.28. The number of hydrogen-bond acceptors (Lipinski definition) is 5. The maximum absolute atomic E-state index is 12.8. The molecule has 0 atom stereocenters. The number of carbonyl (C=O) groups is 1. The number of rotatable bonds is 3. The second-order valence-electron chi connectivity index (χ2n) is 6.19. The Bertz CT molecular complexity index is 700. The van der Waals surface area contributed by atoms with Gasteiger partial charge in [0.1, 0.15) is 12.7 Å². The third kappa shape index (κ3) is 3.05. The molecule has 126 valence electrons. The van der Waals surface area contributed by atoms with Crippen molar-refractivity contribution in [1.82, 2.24) is 19.7 Å². The van der Waals surface area contributed by atoms with Gasteiger partial charge in [-0.1, -0.05) is 12.1 Å². The van der Waals surface area contributed by atoms with Crippen LogP contribution in [0, 0.1) is 0 Å². The third-order valence-electron chi connectivity index (χ3n) is 4.61. The lowest BCUT2D eigenvalue weighted by molar-refractivity contribution is -0.181. The first-order chi connectivity index (χ1) is 11.7. The van der Waals surface area contributed by atoms with Gasteiger partial charge in [0, 0.05) is 31.5 Å². The molecule has 7 heteroatoms. The van der Waals surface area contributed by atoms with Crippen molar-refractivity contribution in [2.24, 2.45) is 0 Å². The normalized spacial score (nSPS) is 19.8. The lowest BCUT2D eigenvalue weighted by Crippen LogP contribution is -2.47. The molecule has 0 saturated carbocycles. The molecule has 2 aliphatic rings. The lowest BCUT2D eigenvalue weighted by atomic mass is 10.0. The Morgan fingerprint density at radius 1 is 1.21 bits per heavy atom. The van der Waals surface area contributed by atoms with E-state index in [9.17, 15) is 4.79 Å². The molecule has 0 bridgehead atoms. The van der Waals surface area contributed by atoms with E-state index in [-0.39, 0.29) is 5.91 Å². The van der Waals surface area contributed by atoms with Gasteiger partial charge in [-0.3, -0.25) is 4.79 Å². The number of nitrogens with zero attached hydrogens (tertiary/aromatic N) is 4. The van der Waals surface area contributed by atoms with Crippen LogP contribution in [0.25, 0.3) is 0 Å². The zero-order valence-corrected chi connectivity index (χ0v) is 13.4. The summed E-state index contributed by atoms with van der Waals surface area (Å²) >= 11 is 0. The summed E-state index contributed by atoms with van der Waals surface area (Å²) in [6, 6.07) is 7.69. The number of aromatic nitrogens is 3. The van der Waals surface area contributed by atoms with Crippen LogP contribution in [0.2, 0.25) is 0 Å². The fourth-order valence-corrected chi connectivity index (χ4v) is 3.32. The summed E-state index contributed by atoms with van der Waals surface area (Å²) < 4.78 is 13.2. The highest BCUT2D eigenvalue weighted by Gasteiger charge is 2.40. The summed E-state index contributed by atoms with van der Waals surface area (Å²) in [5, 5.41) is 4.10. The molecule has 0 aliphatic carbocycles. The van der Waals surface area contributed by atoms with Crippen LogP contribution in [0.5, 0.6) is 0 Å². The zero-order chi connectivity index (χ0) is 16.4. The van der Waals surface area contributed by atoms with E-state index in [4.69, 9.17) is 9.47 Å². The molecular weight excluding hydrogens is 308 g/mol. The van der Waals surface area contributed by atoms with Crippen LogP contribution in [-0.4, -0.2) is 57.7 Å². The maximum Gasteiger partial charge on any atom is 0.253 e. The first kappa shape index (κ1) is 15.3. The Labute approximate surface area is 140 Å². The molecule has 3 heterocycles. The minimum atomic E-state index is -0.453. The van der Waals surface area contributed by atoms with E-state index in [0.29, 0.717) is 38.4 Å². The Kier molecular flexibility index (Phi) is 4.03. The smallest absolute Gasteiger partial charge is 0.253 e. The van der Waals surface area contributed by atoms with Gasteiger partial charge in [-0.25, -0.2) is 9.67 Å². The van der Waals surface area contributed by atoms with Crippen LogP contribution < -0.4 is 0 Å². The van der Waals surface area contributed by atoms with Crippen molar-refractivity contribution in [2.75, 3.05) is 26.3 Å². The molecule has 4 rings (SSSR count). The molecule has 2 fully saturated rings. The predicted octanol–water partition coefficient (Wildman–Crippen LogP) is 1.31. The molecule has 2 aromatic rings. The topological polar surface area (TPSA) is 69.5 Å². The Balaban J connectivity index is 1.43. The molecule has 2 aliphatic heterocycles. The van der Waals surface area contributed by atoms with E-state index in [0.717, 1.165) is 18.4 Å². The SMILES string of the molecule is O=C(c1cccc(Cn2cncn2)c1)N1CCC2(CC1)OCCO2. The summed E-state index contributed by atoms with van der Waals surface area (Å²) in [7, 11) is 0. The molecule has 0 N–H and O–H groups in total. The summed E-state index contributed by atoms with van der Waals surface area (Å²) in [5.74, 6) is -0.394. The van der Waals surface area contributed by atoms with Crippen molar-refractivity contribution in [3.63, 3.8) is 0 Å². The number of amides is 1. The Morgan fingerprint density at radius 3 is 2.71 bits per heavy atom. The summed E-state index contributed by atoms with van der Waals surface area (Å²) in [6.07, 6.45) is 4.64. The number of piperidine rings is 1. The fraction of sp³-hybridized carbons (Fsp3) is 0.471. The van der Waals surface area contributed by atoms with Gasteiger partial charge in [0.2, 0.25) is 0 Å². The molecule has 1 aromatic heterocycles. The highest BCUT2D eigenvalue weighted by molar-refractivity contribution is 5.94. The molecule has 0 radical (unpaired) electrons. The van der Waals surface area contributed by atoms with E-state index in [1.54, 1.807) is 11.0 Å². The van der Waals surface area contributed by atoms with Gasteiger partial charge in [-0.05, 0) is 17.7 Å². The van der Waals surface area contributed by atoms with Gasteiger partial charge in [-0.2, -0.15) is 5.10 Å². The second kappa shape index (κ2) is 6.33. The largest absolute Gasteiger partial charge is 0.347 e. The third-order valence-corrected chi connectivity index (χ3v) is 4.61. The summed E-state index contributed by atoms with van der Waals surface area (Å²) in [4.78, 5) is 18.6. The fourth-order valence-electron chi connectivity index (χ4n) is 3.32. The minimum Gasteiger partial charge on any atom is -0.347 e. The standard InChI is InChI=1S/C17H20N4O3/c22-16(20-6-4-17(5-7-20)23-8-9-24-17)15-3-1-2-14(10-15)11-21-13-18-12-19-21/h1-3,10,12-13H,4-9,11H2. The van der Waals surface area contributed by atoms with Gasteiger partial charge in [0.15, 0.2) is 5.79 Å². The maximum atomic E-state index is 12.8. The van der Waals surface area contributed by atoms with Crippen molar-refractivity contribution >= 4 is 5.91 Å². The molecule has 7 nitrogen and oxygen atoms in total. The number of hydrogen-bond donors (Lipinski definition) is 0. The molecule has 0 unspecified atom stereocenters. The minimum absolute atomic E-state index is 0.0586. The quantitative estimate of drug-likeness (QED) is 0.849. The van der Waals surface area contributed by atoms with Crippen LogP contribution in [0.1, 0.15) is 28.8 Å². The van der Waals surface area contributed by atoms with Crippen molar-refractivity contribution in [3.8, 4) is 0 Å². The molecule has 1 amide bonds. The Hall–Kier alpha value is -2.25. The van der Waals surface area contributed by atoms with E-state index < -0.39 is 5.79 Å². The van der Waals surface area contributed by atoms with Crippen LogP contribution in [0.15, 0.2) is 36.9 Å². The molecule has 1 aromatic carbocycles. The molecular formula is C17H20N4O3. The Morgan fingerprint density at radius 2 is 2.00 bits per heavy atom. The van der Waals surface area contributed by atoms with Gasteiger partial charge >= 0.3 is 0 Å². The van der Waals surface area contributed by atoms with Crippen molar-refractivity contribution < 1.29 is 14.3 Å². The number of carbonyl (C=O) groups excluding carboxylic acids is 1. The first-order valence-electron chi connectivity index (χ1n) is 8.23. The van der Waals surface area contributed by atoms with Crippen LogP contribution in [-0.2, 0) is 16.0 Å². The van der Waals surface area contributed by atoms with Crippen LogP contribution in [0.3, 0.4) is 0 Å². The van der Waals surface area contributed by atoms with Crippen LogP contribution >= 0.6 is 0 Å². The van der Waals surface area contributed by atoms with Crippen LogP contribution in [0.4, 0.5) is 0 Å². The zero-order valence-electron chi connectivity index (χ0n) is 13.4. The van der Waals surface area contributed by atoms with E-state index >= 15 is 0 Å². The predicted molar refractivity (Wildman–Crippen MR) is 85.3 cm³/mol. The van der Waals surface area contributed by atoms with Gasteiger partial charge in [0.05, 0.1) is 19.8 Å². The van der Waals surface area contributed by atoms with Gasteiger partial charge in [0.25, 0.3) is 5.91 Å². The van der Waals surface area contributed by atoms with E-state index in [1.807, 2.05) is 29.2 Å².